The molecule has 0 saturated carbocycles. The van der Waals surface area contributed by atoms with Gasteiger partial charge in [-0.05, 0) is 64.0 Å². The Morgan fingerprint density at radius 2 is 1.81 bits per heavy atom. The van der Waals surface area contributed by atoms with Crippen molar-refractivity contribution in [1.82, 2.24) is 0 Å². The van der Waals surface area contributed by atoms with Gasteiger partial charge in [0.05, 0.1) is 20.3 Å². The Labute approximate surface area is 146 Å². The molecule has 21 heavy (non-hydrogen) atoms. The van der Waals surface area contributed by atoms with Crippen LogP contribution in [0.2, 0.25) is 0 Å². The molecule has 112 valence electrons. The Morgan fingerprint density at radius 3 is 2.48 bits per heavy atom. The summed E-state index contributed by atoms with van der Waals surface area (Å²) in [6, 6.07) is 11.6. The second kappa shape index (κ2) is 7.47. The van der Waals surface area contributed by atoms with Crippen LogP contribution in [0.25, 0.3) is 0 Å². The highest BCUT2D eigenvalue weighted by Gasteiger charge is 2.14. The van der Waals surface area contributed by atoms with Gasteiger partial charge in [0.25, 0.3) is 0 Å². The summed E-state index contributed by atoms with van der Waals surface area (Å²) in [4.78, 5) is 0. The molecule has 0 amide bonds. The molecule has 2 aromatic rings. The van der Waals surface area contributed by atoms with Gasteiger partial charge in [0.1, 0.15) is 0 Å². The summed E-state index contributed by atoms with van der Waals surface area (Å²) in [5.41, 5.74) is 1.91. The van der Waals surface area contributed by atoms with Crippen molar-refractivity contribution in [3.05, 3.63) is 55.6 Å². The molecule has 0 spiro atoms. The molecule has 5 heteroatoms. The molecule has 3 nitrogen and oxygen atoms in total. The average Bonchev–Trinajstić information content (AvgIpc) is 2.49. The first-order chi connectivity index (χ1) is 10.0. The van der Waals surface area contributed by atoms with Gasteiger partial charge in [-0.2, -0.15) is 0 Å². The van der Waals surface area contributed by atoms with E-state index in [1.54, 1.807) is 14.2 Å². The van der Waals surface area contributed by atoms with Crippen LogP contribution in [-0.4, -0.2) is 19.3 Å². The molecule has 2 aromatic carbocycles. The Bertz CT molecular complexity index is 631. The van der Waals surface area contributed by atoms with E-state index in [2.05, 4.69) is 38.5 Å². The molecule has 0 radical (unpaired) electrons. The van der Waals surface area contributed by atoms with Crippen molar-refractivity contribution >= 4 is 38.5 Å². The standard InChI is InChI=1S/C16H16BrIO3/c1-20-15-6-3-10(8-16(15)21-2)7-14(19)12-9-11(17)4-5-13(12)18/h3-6,8-9,14,19H,7H2,1-2H3. The number of aliphatic hydroxyl groups excluding tert-OH is 1. The first kappa shape index (κ1) is 16.6. The number of hydrogen-bond acceptors (Lipinski definition) is 3. The van der Waals surface area contributed by atoms with E-state index in [-0.39, 0.29) is 0 Å². The maximum Gasteiger partial charge on any atom is 0.160 e. The largest absolute Gasteiger partial charge is 0.493 e. The van der Waals surface area contributed by atoms with E-state index in [4.69, 9.17) is 9.47 Å². The Morgan fingerprint density at radius 1 is 1.10 bits per heavy atom. The van der Waals surface area contributed by atoms with E-state index < -0.39 is 6.10 Å². The van der Waals surface area contributed by atoms with Gasteiger partial charge in [0, 0.05) is 14.5 Å². The van der Waals surface area contributed by atoms with Crippen molar-refractivity contribution in [1.29, 1.82) is 0 Å². The van der Waals surface area contributed by atoms with Crippen molar-refractivity contribution in [2.75, 3.05) is 14.2 Å². The Hall–Kier alpha value is -0.790. The van der Waals surface area contributed by atoms with Crippen molar-refractivity contribution < 1.29 is 14.6 Å². The monoisotopic (exact) mass is 462 g/mol. The molecule has 1 atom stereocenters. The maximum absolute atomic E-state index is 10.5. The summed E-state index contributed by atoms with van der Waals surface area (Å²) < 4.78 is 12.5. The van der Waals surface area contributed by atoms with Crippen molar-refractivity contribution in [2.24, 2.45) is 0 Å². The minimum atomic E-state index is -0.562. The van der Waals surface area contributed by atoms with Crippen LogP contribution >= 0.6 is 38.5 Å². The molecule has 0 aliphatic carbocycles. The Kier molecular flexibility index (Phi) is 5.89. The predicted octanol–water partition coefficient (Wildman–Crippen LogP) is 4.35. The molecular weight excluding hydrogens is 447 g/mol. The van der Waals surface area contributed by atoms with Crippen molar-refractivity contribution in [3.8, 4) is 11.5 Å². The van der Waals surface area contributed by atoms with E-state index >= 15 is 0 Å². The first-order valence-corrected chi connectivity index (χ1v) is 8.26. The van der Waals surface area contributed by atoms with Gasteiger partial charge in [-0.3, -0.25) is 0 Å². The first-order valence-electron chi connectivity index (χ1n) is 6.39. The second-order valence-corrected chi connectivity index (χ2v) is 6.65. The van der Waals surface area contributed by atoms with Gasteiger partial charge in [-0.1, -0.05) is 22.0 Å². The number of methoxy groups -OCH3 is 2. The predicted molar refractivity (Wildman–Crippen MR) is 95.1 cm³/mol. The molecule has 2 rings (SSSR count). The summed E-state index contributed by atoms with van der Waals surface area (Å²) in [5.74, 6) is 1.36. The normalized spacial score (nSPS) is 12.0. The fourth-order valence-electron chi connectivity index (χ4n) is 2.11. The zero-order valence-electron chi connectivity index (χ0n) is 11.8. The average molecular weight is 463 g/mol. The van der Waals surface area contributed by atoms with Crippen LogP contribution < -0.4 is 9.47 Å². The van der Waals surface area contributed by atoms with Gasteiger partial charge < -0.3 is 14.6 Å². The SMILES string of the molecule is COc1ccc(CC(O)c2cc(Br)ccc2I)cc1OC. The van der Waals surface area contributed by atoms with Crippen LogP contribution in [0.5, 0.6) is 11.5 Å². The molecule has 0 aliphatic heterocycles. The molecular formula is C16H16BrIO3. The smallest absolute Gasteiger partial charge is 0.160 e. The van der Waals surface area contributed by atoms with Crippen LogP contribution in [0.4, 0.5) is 0 Å². The summed E-state index contributed by atoms with van der Waals surface area (Å²) in [6.07, 6.45) is -0.0419. The van der Waals surface area contributed by atoms with Crippen molar-refractivity contribution in [2.45, 2.75) is 12.5 Å². The summed E-state index contributed by atoms with van der Waals surface area (Å²) in [6.45, 7) is 0. The van der Waals surface area contributed by atoms with Gasteiger partial charge in [-0.15, -0.1) is 0 Å². The number of halogens is 2. The number of aliphatic hydroxyl groups is 1. The lowest BCUT2D eigenvalue weighted by molar-refractivity contribution is 0.177. The van der Waals surface area contributed by atoms with Gasteiger partial charge in [-0.25, -0.2) is 0 Å². The molecule has 0 aliphatic rings. The van der Waals surface area contributed by atoms with E-state index in [0.29, 0.717) is 17.9 Å². The Balaban J connectivity index is 2.23. The van der Waals surface area contributed by atoms with Gasteiger partial charge in [0.2, 0.25) is 0 Å². The third-order valence-electron chi connectivity index (χ3n) is 3.19. The lowest BCUT2D eigenvalue weighted by Crippen LogP contribution is -2.04. The summed E-state index contributed by atoms with van der Waals surface area (Å²) >= 11 is 5.68. The van der Waals surface area contributed by atoms with Gasteiger partial charge >= 0.3 is 0 Å². The lowest BCUT2D eigenvalue weighted by Gasteiger charge is -2.15. The minimum absolute atomic E-state index is 0.521. The maximum atomic E-state index is 10.5. The fourth-order valence-corrected chi connectivity index (χ4v) is 3.18. The molecule has 0 heterocycles. The molecule has 0 bridgehead atoms. The highest BCUT2D eigenvalue weighted by Crippen LogP contribution is 2.31. The third-order valence-corrected chi connectivity index (χ3v) is 4.67. The van der Waals surface area contributed by atoms with Crippen LogP contribution in [0.3, 0.4) is 0 Å². The summed E-state index contributed by atoms with van der Waals surface area (Å²) in [5, 5.41) is 10.5. The van der Waals surface area contributed by atoms with Crippen molar-refractivity contribution in [3.63, 3.8) is 0 Å². The van der Waals surface area contributed by atoms with E-state index in [1.807, 2.05) is 36.4 Å². The highest BCUT2D eigenvalue weighted by atomic mass is 127. The minimum Gasteiger partial charge on any atom is -0.493 e. The van der Waals surface area contributed by atoms with E-state index in [9.17, 15) is 5.11 Å². The van der Waals surface area contributed by atoms with Crippen LogP contribution in [0, 0.1) is 3.57 Å². The zero-order valence-corrected chi connectivity index (χ0v) is 15.5. The lowest BCUT2D eigenvalue weighted by atomic mass is 10.0. The van der Waals surface area contributed by atoms with Crippen LogP contribution in [0.15, 0.2) is 40.9 Å². The number of benzene rings is 2. The molecule has 0 saturated heterocycles. The third kappa shape index (κ3) is 4.11. The summed E-state index contributed by atoms with van der Waals surface area (Å²) in [7, 11) is 3.21. The highest BCUT2D eigenvalue weighted by molar-refractivity contribution is 14.1. The molecule has 1 N–H and O–H groups in total. The topological polar surface area (TPSA) is 38.7 Å². The second-order valence-electron chi connectivity index (χ2n) is 4.58. The molecule has 0 aromatic heterocycles. The molecule has 0 fully saturated rings. The number of ether oxygens (including phenoxy) is 2. The van der Waals surface area contributed by atoms with E-state index in [0.717, 1.165) is 19.2 Å². The quantitative estimate of drug-likeness (QED) is 0.671. The van der Waals surface area contributed by atoms with E-state index in [1.165, 1.54) is 0 Å². The fraction of sp³-hybridized carbons (Fsp3) is 0.250. The van der Waals surface area contributed by atoms with Crippen LogP contribution in [-0.2, 0) is 6.42 Å². The van der Waals surface area contributed by atoms with Crippen LogP contribution in [0.1, 0.15) is 17.2 Å². The zero-order chi connectivity index (χ0) is 15.4. The number of rotatable bonds is 5. The number of hydrogen-bond donors (Lipinski definition) is 1. The van der Waals surface area contributed by atoms with Gasteiger partial charge in [0.15, 0.2) is 11.5 Å². The molecule has 1 unspecified atom stereocenters.